The first kappa shape index (κ1) is 34.7. The smallest absolute Gasteiger partial charge is 0.163 e. The molecule has 0 saturated heterocycles. The van der Waals surface area contributed by atoms with Gasteiger partial charge in [0.15, 0.2) is 5.82 Å². The van der Waals surface area contributed by atoms with Gasteiger partial charge in [0, 0.05) is 33.9 Å². The molecular weight excluding hydrogens is 731 g/mol. The molecule has 60 heavy (non-hydrogen) atoms. The van der Waals surface area contributed by atoms with Crippen LogP contribution in [0.3, 0.4) is 0 Å². The van der Waals surface area contributed by atoms with Crippen LogP contribution in [0, 0.1) is 17.8 Å². The van der Waals surface area contributed by atoms with Crippen molar-refractivity contribution in [3.8, 4) is 34.0 Å². The largest absolute Gasteiger partial charge is 0.457 e. The van der Waals surface area contributed by atoms with Crippen LogP contribution in [-0.2, 0) is 10.8 Å². The first-order valence-electron chi connectivity index (χ1n) is 22.3. The number of para-hydroxylation sites is 2. The normalized spacial score (nSPS) is 26.9. The maximum absolute atomic E-state index is 6.55. The molecule has 4 nitrogen and oxygen atoms in total. The predicted octanol–water partition coefficient (Wildman–Crippen LogP) is 13.2. The quantitative estimate of drug-likeness (QED) is 0.175. The Morgan fingerprint density at radius 3 is 1.98 bits per heavy atom. The molecule has 5 aromatic carbocycles. The minimum absolute atomic E-state index is 0.0820. The monoisotopic (exact) mass is 777 g/mol. The lowest BCUT2D eigenvalue weighted by atomic mass is 9.49. The highest BCUT2D eigenvalue weighted by molar-refractivity contribution is 5.91. The van der Waals surface area contributed by atoms with Crippen LogP contribution < -0.4 is 4.74 Å². The SMILES string of the molecule is C1=CCC(c2cccc(-c3nc(C4C=CC(c5ccc6c(c5)-c5ccccc5C65c6ccccc6Oc6ccccc65)=CC4)nc(C45CC6CC(CC(C6)C4)C5)n3)c2)C=C1. The average molecular weight is 778 g/mol. The van der Waals surface area contributed by atoms with E-state index in [1.807, 2.05) is 0 Å². The van der Waals surface area contributed by atoms with Crippen molar-refractivity contribution in [3.63, 3.8) is 0 Å². The van der Waals surface area contributed by atoms with Crippen molar-refractivity contribution < 1.29 is 4.74 Å². The molecule has 4 fully saturated rings. The number of nitrogens with zero attached hydrogens (tertiary/aromatic N) is 3. The number of hydrogen-bond acceptors (Lipinski definition) is 4. The highest BCUT2D eigenvalue weighted by Crippen LogP contribution is 2.63. The summed E-state index contributed by atoms with van der Waals surface area (Å²) < 4.78 is 6.55. The van der Waals surface area contributed by atoms with Gasteiger partial charge in [0.05, 0.1) is 5.41 Å². The first-order chi connectivity index (χ1) is 29.6. The molecular formula is C56H47N3O. The Labute approximate surface area is 352 Å². The van der Waals surface area contributed by atoms with Gasteiger partial charge in [-0.3, -0.25) is 0 Å². The van der Waals surface area contributed by atoms with E-state index in [1.165, 1.54) is 88.6 Å². The van der Waals surface area contributed by atoms with Gasteiger partial charge < -0.3 is 4.74 Å². The molecule has 4 heteroatoms. The number of aromatic nitrogens is 3. The molecule has 0 radical (unpaired) electrons. The van der Waals surface area contributed by atoms with Crippen LogP contribution in [0.1, 0.15) is 108 Å². The summed E-state index contributed by atoms with van der Waals surface area (Å²) in [5.74, 6) is 7.60. The number of rotatable bonds is 5. The molecule has 1 aliphatic heterocycles. The third kappa shape index (κ3) is 5.19. The molecule has 292 valence electrons. The summed E-state index contributed by atoms with van der Waals surface area (Å²) in [6.45, 7) is 0. The van der Waals surface area contributed by atoms with Crippen LogP contribution >= 0.6 is 0 Å². The van der Waals surface area contributed by atoms with Crippen molar-refractivity contribution in [3.05, 3.63) is 203 Å². The number of benzene rings is 5. The molecule has 4 bridgehead atoms. The van der Waals surface area contributed by atoms with Crippen LogP contribution in [-0.4, -0.2) is 15.0 Å². The summed E-state index contributed by atoms with van der Waals surface area (Å²) in [7, 11) is 0. The average Bonchev–Trinajstić information content (AvgIpc) is 3.59. The zero-order valence-corrected chi connectivity index (χ0v) is 33.8. The summed E-state index contributed by atoms with van der Waals surface area (Å²) in [5, 5.41) is 0. The fourth-order valence-electron chi connectivity index (χ4n) is 13.1. The summed E-state index contributed by atoms with van der Waals surface area (Å²) in [6, 6.07) is 42.3. The highest BCUT2D eigenvalue weighted by atomic mass is 16.5. The van der Waals surface area contributed by atoms with Gasteiger partial charge in [0.1, 0.15) is 23.1 Å². The van der Waals surface area contributed by atoms with Crippen LogP contribution in [0.5, 0.6) is 11.5 Å². The van der Waals surface area contributed by atoms with Crippen molar-refractivity contribution in [2.24, 2.45) is 17.8 Å². The van der Waals surface area contributed by atoms with E-state index < -0.39 is 5.41 Å². The molecule has 6 aromatic rings. The van der Waals surface area contributed by atoms with Crippen molar-refractivity contribution in [1.29, 1.82) is 0 Å². The molecule has 0 N–H and O–H groups in total. The van der Waals surface area contributed by atoms with Gasteiger partial charge in [-0.25, -0.2) is 15.0 Å². The zero-order valence-electron chi connectivity index (χ0n) is 33.8. The predicted molar refractivity (Wildman–Crippen MR) is 239 cm³/mol. The minimum atomic E-state index is -0.452. The van der Waals surface area contributed by atoms with E-state index in [0.717, 1.165) is 65.1 Å². The van der Waals surface area contributed by atoms with Crippen molar-refractivity contribution in [2.75, 3.05) is 0 Å². The third-order valence-corrected chi connectivity index (χ3v) is 15.3. The number of hydrogen-bond donors (Lipinski definition) is 0. The minimum Gasteiger partial charge on any atom is -0.457 e. The van der Waals surface area contributed by atoms with E-state index in [9.17, 15) is 0 Å². The van der Waals surface area contributed by atoms with Crippen LogP contribution in [0.4, 0.5) is 0 Å². The van der Waals surface area contributed by atoms with E-state index in [0.29, 0.717) is 5.92 Å². The maximum Gasteiger partial charge on any atom is 0.163 e. The summed E-state index contributed by atoms with van der Waals surface area (Å²) in [6.07, 6.45) is 25.8. The number of allylic oxidation sites excluding steroid dienone is 8. The van der Waals surface area contributed by atoms with E-state index >= 15 is 0 Å². The van der Waals surface area contributed by atoms with Crippen LogP contribution in [0.25, 0.3) is 28.1 Å². The fourth-order valence-corrected chi connectivity index (χ4v) is 13.1. The van der Waals surface area contributed by atoms with Crippen LogP contribution in [0.15, 0.2) is 158 Å². The summed E-state index contributed by atoms with van der Waals surface area (Å²) in [4.78, 5) is 16.3. The number of ether oxygens (including phenoxy) is 1. The van der Waals surface area contributed by atoms with E-state index in [2.05, 4.69) is 158 Å². The fraction of sp³-hybridized carbons (Fsp3) is 0.268. The lowest BCUT2D eigenvalue weighted by molar-refractivity contribution is -0.00957. The lowest BCUT2D eigenvalue weighted by Gasteiger charge is -2.56. The molecule has 1 spiro atoms. The second-order valence-electron chi connectivity index (χ2n) is 18.8. The molecule has 0 amide bonds. The number of fused-ring (bicyclic) bond motifs is 9. The molecule has 2 unspecified atom stereocenters. The standard InChI is InChI=1S/C56H47N3O/c1-2-11-38(12-3-1)41-13-10-14-43(30-41)53-57-52(58-54(59-53)55-32-35-27-36(33-55)29-37(28-35)34-55)40-23-21-39(22-24-40)42-25-26-47-45(31-42)44-15-4-5-16-46(44)56(47)48-17-6-8-19-50(48)60-51-20-9-7-18-49(51)56/h1-11,13-23,25-26,30-31,35-38,40H,12,24,27-29,32-34H2. The Morgan fingerprint density at radius 1 is 0.550 bits per heavy atom. The Hall–Kier alpha value is -6.13. The van der Waals surface area contributed by atoms with E-state index in [1.54, 1.807) is 0 Å². The van der Waals surface area contributed by atoms with Gasteiger partial charge in [-0.05, 0) is 132 Å². The summed E-state index contributed by atoms with van der Waals surface area (Å²) in [5.41, 5.74) is 12.1. The lowest BCUT2D eigenvalue weighted by Crippen LogP contribution is -2.49. The highest BCUT2D eigenvalue weighted by Gasteiger charge is 2.54. The Kier molecular flexibility index (Phi) is 7.63. The molecule has 7 aliphatic carbocycles. The molecule has 4 saturated carbocycles. The van der Waals surface area contributed by atoms with E-state index in [4.69, 9.17) is 19.7 Å². The first-order valence-corrected chi connectivity index (χ1v) is 22.3. The molecule has 14 rings (SSSR count). The molecule has 1 aromatic heterocycles. The zero-order chi connectivity index (χ0) is 39.4. The van der Waals surface area contributed by atoms with E-state index in [-0.39, 0.29) is 11.3 Å². The Bertz CT molecular complexity index is 2800. The van der Waals surface area contributed by atoms with Crippen molar-refractivity contribution in [1.82, 2.24) is 15.0 Å². The molecule has 2 atom stereocenters. The Morgan fingerprint density at radius 2 is 1.27 bits per heavy atom. The summed E-state index contributed by atoms with van der Waals surface area (Å²) >= 11 is 0. The molecule has 8 aliphatic rings. The van der Waals surface area contributed by atoms with Gasteiger partial charge in [0.25, 0.3) is 0 Å². The van der Waals surface area contributed by atoms with Gasteiger partial charge >= 0.3 is 0 Å². The second kappa shape index (κ2) is 13.2. The maximum atomic E-state index is 6.55. The Balaban J connectivity index is 0.875. The second-order valence-corrected chi connectivity index (χ2v) is 18.8. The molecule has 2 heterocycles. The topological polar surface area (TPSA) is 47.9 Å². The van der Waals surface area contributed by atoms with Gasteiger partial charge in [-0.15, -0.1) is 0 Å². The van der Waals surface area contributed by atoms with Gasteiger partial charge in [0.2, 0.25) is 0 Å². The van der Waals surface area contributed by atoms with Gasteiger partial charge in [-0.2, -0.15) is 0 Å². The van der Waals surface area contributed by atoms with Crippen molar-refractivity contribution >= 4 is 5.57 Å². The van der Waals surface area contributed by atoms with Crippen molar-refractivity contribution in [2.45, 2.75) is 74.0 Å². The van der Waals surface area contributed by atoms with Gasteiger partial charge in [-0.1, -0.05) is 134 Å². The third-order valence-electron chi connectivity index (χ3n) is 15.3. The van der Waals surface area contributed by atoms with Crippen LogP contribution in [0.2, 0.25) is 0 Å².